The predicted molar refractivity (Wildman–Crippen MR) is 83.6 cm³/mol. The van der Waals surface area contributed by atoms with Crippen LogP contribution in [-0.4, -0.2) is 18.1 Å². The summed E-state index contributed by atoms with van der Waals surface area (Å²) in [6.07, 6.45) is 1.78. The van der Waals surface area contributed by atoms with Gasteiger partial charge in [0.1, 0.15) is 0 Å². The summed E-state index contributed by atoms with van der Waals surface area (Å²) in [6.45, 7) is 2.02. The molecule has 0 aliphatic carbocycles. The highest BCUT2D eigenvalue weighted by Gasteiger charge is 2.12. The fourth-order valence-electron chi connectivity index (χ4n) is 1.94. The van der Waals surface area contributed by atoms with Crippen LogP contribution in [0.5, 0.6) is 0 Å². The summed E-state index contributed by atoms with van der Waals surface area (Å²) in [6, 6.07) is 5.98. The quantitative estimate of drug-likeness (QED) is 0.897. The van der Waals surface area contributed by atoms with Crippen molar-refractivity contribution in [3.63, 3.8) is 0 Å². The molecule has 1 aromatic heterocycles. The van der Waals surface area contributed by atoms with E-state index in [1.54, 1.807) is 17.4 Å². The number of thiazole rings is 1. The standard InChI is InChI=1S/C14H16Cl2N2S/c1-9-8-19-14(18-9)7-12(17-2)5-10-3-4-11(15)6-13(10)16/h3-4,6,8,12,17H,5,7H2,1-2H3. The Balaban J connectivity index is 2.06. The molecule has 1 heterocycles. The van der Waals surface area contributed by atoms with Gasteiger partial charge >= 0.3 is 0 Å². The number of hydrogen-bond acceptors (Lipinski definition) is 3. The van der Waals surface area contributed by atoms with Crippen LogP contribution in [0.25, 0.3) is 0 Å². The van der Waals surface area contributed by atoms with Crippen LogP contribution in [0.15, 0.2) is 23.6 Å². The molecule has 2 aromatic rings. The summed E-state index contributed by atoms with van der Waals surface area (Å²) in [7, 11) is 1.97. The van der Waals surface area contributed by atoms with Crippen molar-refractivity contribution in [2.24, 2.45) is 0 Å². The van der Waals surface area contributed by atoms with Gasteiger partial charge in [-0.2, -0.15) is 0 Å². The maximum absolute atomic E-state index is 6.21. The average molecular weight is 315 g/mol. The van der Waals surface area contributed by atoms with Crippen molar-refractivity contribution >= 4 is 34.5 Å². The lowest BCUT2D eigenvalue weighted by atomic mass is 10.0. The Morgan fingerprint density at radius 2 is 2.11 bits per heavy atom. The number of rotatable bonds is 5. The first-order chi connectivity index (χ1) is 9.08. The Hall–Kier alpha value is -0.610. The van der Waals surface area contributed by atoms with E-state index in [1.165, 1.54) is 0 Å². The maximum Gasteiger partial charge on any atom is 0.0943 e. The van der Waals surface area contributed by atoms with Gasteiger partial charge in [0.25, 0.3) is 0 Å². The van der Waals surface area contributed by atoms with E-state index in [1.807, 2.05) is 26.1 Å². The van der Waals surface area contributed by atoms with E-state index in [4.69, 9.17) is 23.2 Å². The van der Waals surface area contributed by atoms with E-state index < -0.39 is 0 Å². The van der Waals surface area contributed by atoms with Gasteiger partial charge < -0.3 is 5.32 Å². The molecule has 0 aliphatic heterocycles. The molecule has 0 radical (unpaired) electrons. The Kier molecular flexibility index (Phi) is 5.22. The van der Waals surface area contributed by atoms with Gasteiger partial charge in [0.05, 0.1) is 5.01 Å². The summed E-state index contributed by atoms with van der Waals surface area (Å²) < 4.78 is 0. The zero-order valence-electron chi connectivity index (χ0n) is 10.9. The van der Waals surface area contributed by atoms with E-state index in [-0.39, 0.29) is 0 Å². The molecule has 0 amide bonds. The van der Waals surface area contributed by atoms with E-state index in [2.05, 4.69) is 15.7 Å². The highest BCUT2D eigenvalue weighted by Crippen LogP contribution is 2.23. The van der Waals surface area contributed by atoms with Gasteiger partial charge in [-0.1, -0.05) is 29.3 Å². The van der Waals surface area contributed by atoms with Gasteiger partial charge in [0.2, 0.25) is 0 Å². The number of nitrogens with one attached hydrogen (secondary N) is 1. The number of aryl methyl sites for hydroxylation is 1. The molecule has 0 aliphatic rings. The topological polar surface area (TPSA) is 24.9 Å². The zero-order chi connectivity index (χ0) is 13.8. The van der Waals surface area contributed by atoms with Crippen molar-refractivity contribution in [2.45, 2.75) is 25.8 Å². The van der Waals surface area contributed by atoms with Gasteiger partial charge in [-0.3, -0.25) is 0 Å². The molecule has 1 atom stereocenters. The summed E-state index contributed by atoms with van der Waals surface area (Å²) in [5, 5.41) is 7.96. The molecule has 2 rings (SSSR count). The van der Waals surface area contributed by atoms with Crippen LogP contribution in [0.2, 0.25) is 10.0 Å². The van der Waals surface area contributed by atoms with Crippen LogP contribution in [0, 0.1) is 6.92 Å². The molecular weight excluding hydrogens is 299 g/mol. The van der Waals surface area contributed by atoms with Crippen LogP contribution in [-0.2, 0) is 12.8 Å². The van der Waals surface area contributed by atoms with Crippen molar-refractivity contribution in [1.82, 2.24) is 10.3 Å². The van der Waals surface area contributed by atoms with Crippen LogP contribution >= 0.6 is 34.5 Å². The third kappa shape index (κ3) is 4.18. The molecule has 0 bridgehead atoms. The van der Waals surface area contributed by atoms with Gasteiger partial charge in [0, 0.05) is 33.6 Å². The van der Waals surface area contributed by atoms with Gasteiger partial charge in [-0.05, 0) is 38.1 Å². The number of likely N-dealkylation sites (N-methyl/N-ethyl adjacent to an activating group) is 1. The predicted octanol–water partition coefficient (Wildman–Crippen LogP) is 4.13. The Morgan fingerprint density at radius 3 is 2.68 bits per heavy atom. The van der Waals surface area contributed by atoms with Gasteiger partial charge in [0.15, 0.2) is 0 Å². The molecule has 2 nitrogen and oxygen atoms in total. The highest BCUT2D eigenvalue weighted by molar-refractivity contribution is 7.09. The zero-order valence-corrected chi connectivity index (χ0v) is 13.2. The second kappa shape index (κ2) is 6.71. The second-order valence-corrected chi connectivity index (χ2v) is 6.30. The van der Waals surface area contributed by atoms with E-state index in [0.29, 0.717) is 11.1 Å². The Bertz CT molecular complexity index is 554. The second-order valence-electron chi connectivity index (χ2n) is 4.51. The average Bonchev–Trinajstić information content (AvgIpc) is 2.77. The van der Waals surface area contributed by atoms with Crippen molar-refractivity contribution in [2.75, 3.05) is 7.05 Å². The van der Waals surface area contributed by atoms with Crippen LogP contribution < -0.4 is 5.32 Å². The molecule has 19 heavy (non-hydrogen) atoms. The fourth-order valence-corrected chi connectivity index (χ4v) is 3.28. The molecule has 1 N–H and O–H groups in total. The minimum Gasteiger partial charge on any atom is -0.316 e. The number of hydrogen-bond donors (Lipinski definition) is 1. The number of halogens is 2. The molecule has 5 heteroatoms. The largest absolute Gasteiger partial charge is 0.316 e. The van der Waals surface area contributed by atoms with Gasteiger partial charge in [-0.15, -0.1) is 11.3 Å². The lowest BCUT2D eigenvalue weighted by molar-refractivity contribution is 0.555. The first kappa shape index (κ1) is 14.8. The summed E-state index contributed by atoms with van der Waals surface area (Å²) in [5.41, 5.74) is 2.19. The lowest BCUT2D eigenvalue weighted by Crippen LogP contribution is -2.30. The number of aromatic nitrogens is 1. The van der Waals surface area contributed by atoms with Gasteiger partial charge in [-0.25, -0.2) is 4.98 Å². The smallest absolute Gasteiger partial charge is 0.0943 e. The molecule has 0 saturated heterocycles. The molecule has 102 valence electrons. The molecule has 0 saturated carbocycles. The minimum absolute atomic E-state index is 0.323. The van der Waals surface area contributed by atoms with Crippen molar-refractivity contribution in [3.05, 3.63) is 49.9 Å². The Morgan fingerprint density at radius 1 is 1.32 bits per heavy atom. The summed E-state index contributed by atoms with van der Waals surface area (Å²) >= 11 is 13.8. The summed E-state index contributed by atoms with van der Waals surface area (Å²) in [5.74, 6) is 0. The lowest BCUT2D eigenvalue weighted by Gasteiger charge is -2.15. The van der Waals surface area contributed by atoms with Crippen molar-refractivity contribution in [3.8, 4) is 0 Å². The van der Waals surface area contributed by atoms with Crippen LogP contribution in [0.1, 0.15) is 16.3 Å². The van der Waals surface area contributed by atoms with Crippen molar-refractivity contribution < 1.29 is 0 Å². The van der Waals surface area contributed by atoms with Crippen LogP contribution in [0.4, 0.5) is 0 Å². The van der Waals surface area contributed by atoms with E-state index in [0.717, 1.165) is 34.1 Å². The number of benzene rings is 1. The highest BCUT2D eigenvalue weighted by atomic mass is 35.5. The molecule has 1 aromatic carbocycles. The maximum atomic E-state index is 6.21. The molecule has 0 spiro atoms. The fraction of sp³-hybridized carbons (Fsp3) is 0.357. The molecular formula is C14H16Cl2N2S. The Labute approximate surface area is 127 Å². The normalized spacial score (nSPS) is 12.6. The van der Waals surface area contributed by atoms with E-state index >= 15 is 0 Å². The van der Waals surface area contributed by atoms with Crippen molar-refractivity contribution in [1.29, 1.82) is 0 Å². The third-order valence-corrected chi connectivity index (χ3v) is 4.55. The summed E-state index contributed by atoms with van der Waals surface area (Å²) in [4.78, 5) is 4.50. The minimum atomic E-state index is 0.323. The SMILES string of the molecule is CNC(Cc1nc(C)cs1)Cc1ccc(Cl)cc1Cl. The van der Waals surface area contributed by atoms with E-state index in [9.17, 15) is 0 Å². The first-order valence-corrected chi connectivity index (χ1v) is 7.74. The molecule has 0 fully saturated rings. The monoisotopic (exact) mass is 314 g/mol. The first-order valence-electron chi connectivity index (χ1n) is 6.10. The number of nitrogens with zero attached hydrogens (tertiary/aromatic N) is 1. The van der Waals surface area contributed by atoms with Crippen LogP contribution in [0.3, 0.4) is 0 Å². The molecule has 1 unspecified atom stereocenters. The third-order valence-electron chi connectivity index (χ3n) is 2.98.